The molecule has 26 heavy (non-hydrogen) atoms. The SMILES string of the molecule is O=C([O-])c1ccccc1C(=O)[O-].O=C([O-])c1ccccc1C(=O)[O-].[Zn+2].[Zn+2]. The second-order valence-corrected chi connectivity index (χ2v) is 4.24. The molecule has 8 nitrogen and oxygen atoms in total. The summed E-state index contributed by atoms with van der Waals surface area (Å²) in [7, 11) is 0. The molecule has 0 aliphatic rings. The zero-order valence-electron chi connectivity index (χ0n) is 13.3. The van der Waals surface area contributed by atoms with Gasteiger partial charge in [0.2, 0.25) is 0 Å². The summed E-state index contributed by atoms with van der Waals surface area (Å²) in [4.78, 5) is 41.3. The van der Waals surface area contributed by atoms with Gasteiger partial charge in [0.25, 0.3) is 0 Å². The molecule has 2 aromatic carbocycles. The Morgan fingerprint density at radius 3 is 0.731 bits per heavy atom. The van der Waals surface area contributed by atoms with Crippen molar-refractivity contribution in [2.75, 3.05) is 0 Å². The Morgan fingerprint density at radius 1 is 0.462 bits per heavy atom. The number of carboxylic acid groups (broad SMARTS) is 4. The van der Waals surface area contributed by atoms with Crippen molar-refractivity contribution < 1.29 is 78.6 Å². The number of aromatic carboxylic acids is 4. The topological polar surface area (TPSA) is 161 Å². The van der Waals surface area contributed by atoms with Gasteiger partial charge in [0, 0.05) is 22.3 Å². The van der Waals surface area contributed by atoms with Gasteiger partial charge in [-0.3, -0.25) is 0 Å². The third kappa shape index (κ3) is 7.21. The fraction of sp³-hybridized carbons (Fsp3) is 0. The van der Waals surface area contributed by atoms with Gasteiger partial charge in [0.05, 0.1) is 23.9 Å². The van der Waals surface area contributed by atoms with Crippen molar-refractivity contribution in [2.45, 2.75) is 0 Å². The number of carbonyl (C=O) groups excluding carboxylic acids is 4. The van der Waals surface area contributed by atoms with E-state index in [4.69, 9.17) is 0 Å². The molecule has 0 aromatic heterocycles. The Bertz CT molecular complexity index is 671. The first-order valence-corrected chi connectivity index (χ1v) is 6.29. The van der Waals surface area contributed by atoms with E-state index in [1.807, 2.05) is 0 Å². The molecule has 0 unspecified atom stereocenters. The average molecular weight is 459 g/mol. The second-order valence-electron chi connectivity index (χ2n) is 4.24. The maximum absolute atomic E-state index is 10.3. The normalized spacial score (nSPS) is 8.62. The molecule has 124 valence electrons. The van der Waals surface area contributed by atoms with E-state index < -0.39 is 23.9 Å². The predicted molar refractivity (Wildman–Crippen MR) is 70.2 cm³/mol. The molecule has 10 heteroatoms. The summed E-state index contributed by atoms with van der Waals surface area (Å²) < 4.78 is 0. The molecule has 0 atom stereocenters. The monoisotopic (exact) mass is 456 g/mol. The van der Waals surface area contributed by atoms with Crippen molar-refractivity contribution in [3.8, 4) is 0 Å². The molecule has 0 spiro atoms. The van der Waals surface area contributed by atoms with Gasteiger partial charge in [0.15, 0.2) is 0 Å². The van der Waals surface area contributed by atoms with E-state index in [9.17, 15) is 39.6 Å². The molecular formula is C16H8O8Zn2. The third-order valence-corrected chi connectivity index (χ3v) is 2.73. The molecule has 0 N–H and O–H groups in total. The summed E-state index contributed by atoms with van der Waals surface area (Å²) in [6.07, 6.45) is 0. The number of carboxylic acids is 4. The van der Waals surface area contributed by atoms with Crippen molar-refractivity contribution in [1.82, 2.24) is 0 Å². The first kappa shape index (κ1) is 25.8. The van der Waals surface area contributed by atoms with Crippen LogP contribution in [0.15, 0.2) is 48.5 Å². The van der Waals surface area contributed by atoms with Crippen LogP contribution in [-0.2, 0) is 39.0 Å². The quantitative estimate of drug-likeness (QED) is 0.433. The predicted octanol–water partition coefficient (Wildman–Crippen LogP) is -3.18. The summed E-state index contributed by atoms with van der Waals surface area (Å²) in [6, 6.07) is 10.3. The van der Waals surface area contributed by atoms with E-state index in [-0.39, 0.29) is 61.2 Å². The first-order chi connectivity index (χ1) is 11.3. The minimum Gasteiger partial charge on any atom is -0.545 e. The Morgan fingerprint density at radius 2 is 0.615 bits per heavy atom. The van der Waals surface area contributed by atoms with Gasteiger partial charge in [-0.05, 0) is 0 Å². The van der Waals surface area contributed by atoms with Crippen LogP contribution in [0, 0.1) is 0 Å². The van der Waals surface area contributed by atoms with Crippen LogP contribution in [-0.4, -0.2) is 23.9 Å². The molecule has 2 aromatic rings. The summed E-state index contributed by atoms with van der Waals surface area (Å²) in [5.41, 5.74) is -1.45. The molecule has 0 fully saturated rings. The van der Waals surface area contributed by atoms with Crippen LogP contribution in [0.25, 0.3) is 0 Å². The van der Waals surface area contributed by atoms with Gasteiger partial charge < -0.3 is 39.6 Å². The molecule has 0 saturated carbocycles. The van der Waals surface area contributed by atoms with Gasteiger partial charge in [-0.2, -0.15) is 0 Å². The standard InChI is InChI=1S/2C8H6O4.2Zn/c2*9-7(10)5-3-1-2-4-6(5)8(11)12;;/h2*1-4H,(H,9,10)(H,11,12);;/q;;2*+2/p-4. The number of hydrogen-bond acceptors (Lipinski definition) is 8. The molecule has 0 aliphatic heterocycles. The van der Waals surface area contributed by atoms with Crippen LogP contribution < -0.4 is 20.4 Å². The molecule has 0 saturated heterocycles. The summed E-state index contributed by atoms with van der Waals surface area (Å²) >= 11 is 0. The minimum atomic E-state index is -1.52. The van der Waals surface area contributed by atoms with Crippen molar-refractivity contribution in [2.24, 2.45) is 0 Å². The van der Waals surface area contributed by atoms with Gasteiger partial charge in [0.1, 0.15) is 0 Å². The van der Waals surface area contributed by atoms with E-state index in [1.165, 1.54) is 24.3 Å². The van der Waals surface area contributed by atoms with Crippen molar-refractivity contribution in [1.29, 1.82) is 0 Å². The Kier molecular flexibility index (Phi) is 11.9. The largest absolute Gasteiger partial charge is 2.00 e. The van der Waals surface area contributed by atoms with E-state index in [0.29, 0.717) is 0 Å². The molecule has 2 rings (SSSR count). The van der Waals surface area contributed by atoms with Crippen molar-refractivity contribution in [3.05, 3.63) is 70.8 Å². The fourth-order valence-electron chi connectivity index (χ4n) is 1.68. The maximum Gasteiger partial charge on any atom is 2.00 e. The Hall–Kier alpha value is -2.43. The van der Waals surface area contributed by atoms with E-state index in [1.54, 1.807) is 0 Å². The van der Waals surface area contributed by atoms with Crippen LogP contribution in [0.1, 0.15) is 41.4 Å². The molecule has 0 radical (unpaired) electrons. The summed E-state index contributed by atoms with van der Waals surface area (Å²) in [5, 5.41) is 41.3. The maximum atomic E-state index is 10.3. The molecule has 0 bridgehead atoms. The van der Waals surface area contributed by atoms with Crippen LogP contribution in [0.3, 0.4) is 0 Å². The summed E-state index contributed by atoms with van der Waals surface area (Å²) in [5.74, 6) is -6.07. The van der Waals surface area contributed by atoms with E-state index >= 15 is 0 Å². The van der Waals surface area contributed by atoms with Gasteiger partial charge in [-0.15, -0.1) is 0 Å². The van der Waals surface area contributed by atoms with Crippen molar-refractivity contribution in [3.63, 3.8) is 0 Å². The molecule has 0 aliphatic carbocycles. The zero-order chi connectivity index (χ0) is 18.3. The van der Waals surface area contributed by atoms with Gasteiger partial charge >= 0.3 is 39.0 Å². The van der Waals surface area contributed by atoms with Crippen LogP contribution >= 0.6 is 0 Å². The van der Waals surface area contributed by atoms with Crippen molar-refractivity contribution >= 4 is 23.9 Å². The number of carbonyl (C=O) groups is 4. The summed E-state index contributed by atoms with van der Waals surface area (Å²) in [6.45, 7) is 0. The molecule has 0 heterocycles. The Labute approximate surface area is 173 Å². The van der Waals surface area contributed by atoms with E-state index in [0.717, 1.165) is 24.3 Å². The number of benzene rings is 2. The fourth-order valence-corrected chi connectivity index (χ4v) is 1.68. The smallest absolute Gasteiger partial charge is 0.545 e. The molecule has 0 amide bonds. The van der Waals surface area contributed by atoms with Gasteiger partial charge in [-0.25, -0.2) is 0 Å². The third-order valence-electron chi connectivity index (χ3n) is 2.73. The number of hydrogen-bond donors (Lipinski definition) is 0. The van der Waals surface area contributed by atoms with Crippen LogP contribution in [0.5, 0.6) is 0 Å². The minimum absolute atomic E-state index is 0. The van der Waals surface area contributed by atoms with E-state index in [2.05, 4.69) is 0 Å². The first-order valence-electron chi connectivity index (χ1n) is 6.29. The second kappa shape index (κ2) is 12.0. The zero-order valence-corrected chi connectivity index (χ0v) is 19.2. The van der Waals surface area contributed by atoms with Crippen LogP contribution in [0.4, 0.5) is 0 Å². The average Bonchev–Trinajstić information content (AvgIpc) is 2.55. The Balaban J connectivity index is 0. The van der Waals surface area contributed by atoms with Gasteiger partial charge in [-0.1, -0.05) is 48.5 Å². The number of rotatable bonds is 4. The molecular weight excluding hydrogens is 451 g/mol. The van der Waals surface area contributed by atoms with Crippen LogP contribution in [0.2, 0.25) is 0 Å².